The fraction of sp³-hybridized carbons (Fsp3) is 0.250. The number of hydrogen-bond donors (Lipinski definition) is 3. The van der Waals surface area contributed by atoms with Gasteiger partial charge in [-0.05, 0) is 30.2 Å². The van der Waals surface area contributed by atoms with Crippen LogP contribution in [0.25, 0.3) is 0 Å². The average molecular weight is 328 g/mol. The maximum absolute atomic E-state index is 10.3. The molecule has 0 aliphatic heterocycles. The fourth-order valence-electron chi connectivity index (χ4n) is 2.21. The minimum absolute atomic E-state index is 0. The van der Waals surface area contributed by atoms with Crippen molar-refractivity contribution in [3.05, 3.63) is 64.2 Å². The number of aliphatic hydroxyl groups is 1. The highest BCUT2D eigenvalue weighted by Crippen LogP contribution is 2.32. The zero-order valence-corrected chi connectivity index (χ0v) is 13.2. The smallest absolute Gasteiger partial charge is 0.123 e. The first kappa shape index (κ1) is 17.8. The van der Waals surface area contributed by atoms with E-state index in [9.17, 15) is 10.2 Å². The van der Waals surface area contributed by atoms with Gasteiger partial charge >= 0.3 is 0 Å². The Labute approximate surface area is 135 Å². The Bertz CT molecular complexity index is 590. The molecule has 0 radical (unpaired) electrons. The quantitative estimate of drug-likeness (QED) is 0.806. The minimum atomic E-state index is -0.791. The number of aryl methyl sites for hydroxylation is 1. The van der Waals surface area contributed by atoms with E-state index in [1.54, 1.807) is 19.1 Å². The van der Waals surface area contributed by atoms with Gasteiger partial charge < -0.3 is 15.9 Å². The summed E-state index contributed by atoms with van der Waals surface area (Å²) in [7, 11) is 0. The van der Waals surface area contributed by atoms with E-state index in [0.29, 0.717) is 22.6 Å². The van der Waals surface area contributed by atoms with Gasteiger partial charge in [0.1, 0.15) is 5.75 Å². The van der Waals surface area contributed by atoms with E-state index >= 15 is 0 Å². The van der Waals surface area contributed by atoms with Crippen LogP contribution in [-0.2, 0) is 6.42 Å². The number of hydrogen-bond acceptors (Lipinski definition) is 3. The Kier molecular flexibility index (Phi) is 6.49. The summed E-state index contributed by atoms with van der Waals surface area (Å²) in [5.74, 6) is 0.0917. The number of phenolic OH excluding ortho intramolecular Hbond substituents is 1. The lowest BCUT2D eigenvalue weighted by atomic mass is 9.95. The highest BCUT2D eigenvalue weighted by molar-refractivity contribution is 6.30. The van der Waals surface area contributed by atoms with E-state index in [-0.39, 0.29) is 18.2 Å². The van der Waals surface area contributed by atoms with E-state index in [4.69, 9.17) is 17.3 Å². The topological polar surface area (TPSA) is 66.5 Å². The molecule has 0 spiro atoms. The molecule has 5 heteroatoms. The molecule has 2 rings (SSSR count). The van der Waals surface area contributed by atoms with E-state index in [2.05, 4.69) is 0 Å². The van der Waals surface area contributed by atoms with Gasteiger partial charge in [-0.1, -0.05) is 41.9 Å². The van der Waals surface area contributed by atoms with Crippen LogP contribution >= 0.6 is 24.0 Å². The van der Waals surface area contributed by atoms with Gasteiger partial charge in [-0.2, -0.15) is 0 Å². The van der Waals surface area contributed by atoms with Gasteiger partial charge in [0.15, 0.2) is 0 Å². The Hall–Kier alpha value is -1.26. The SMILES string of the molecule is Cc1cc(Cl)cc([C@H](N)[C@H](O)Cc2ccccc2)c1O.Cl. The largest absolute Gasteiger partial charge is 0.507 e. The number of aromatic hydroxyl groups is 1. The van der Waals surface area contributed by atoms with Crippen LogP contribution in [0.2, 0.25) is 5.02 Å². The number of halogens is 2. The molecule has 3 nitrogen and oxygen atoms in total. The molecule has 0 heterocycles. The lowest BCUT2D eigenvalue weighted by molar-refractivity contribution is 0.143. The van der Waals surface area contributed by atoms with Gasteiger partial charge in [0, 0.05) is 17.0 Å². The van der Waals surface area contributed by atoms with Gasteiger partial charge in [0.25, 0.3) is 0 Å². The standard InChI is InChI=1S/C16H18ClNO2.ClH/c1-10-7-12(17)9-13(16(10)20)15(18)14(19)8-11-5-3-2-4-6-11;/h2-7,9,14-15,19-20H,8,18H2,1H3;1H/t14-,15+;/m1./s1. The summed E-state index contributed by atoms with van der Waals surface area (Å²) in [6.45, 7) is 1.75. The predicted molar refractivity (Wildman–Crippen MR) is 88.2 cm³/mol. The van der Waals surface area contributed by atoms with Gasteiger partial charge in [-0.25, -0.2) is 0 Å². The van der Waals surface area contributed by atoms with Crippen LogP contribution in [-0.4, -0.2) is 16.3 Å². The third-order valence-electron chi connectivity index (χ3n) is 3.36. The van der Waals surface area contributed by atoms with Crippen LogP contribution < -0.4 is 5.73 Å². The molecule has 2 aromatic rings. The molecule has 0 amide bonds. The minimum Gasteiger partial charge on any atom is -0.507 e. The molecule has 114 valence electrons. The van der Waals surface area contributed by atoms with Crippen LogP contribution in [0.4, 0.5) is 0 Å². The van der Waals surface area contributed by atoms with Crippen molar-refractivity contribution in [3.63, 3.8) is 0 Å². The molecular formula is C16H19Cl2NO2. The normalized spacial score (nSPS) is 13.3. The molecule has 0 unspecified atom stereocenters. The van der Waals surface area contributed by atoms with Crippen LogP contribution in [0.1, 0.15) is 22.7 Å². The molecule has 21 heavy (non-hydrogen) atoms. The molecule has 0 saturated heterocycles. The number of aliphatic hydroxyl groups excluding tert-OH is 1. The second kappa shape index (κ2) is 7.66. The Balaban J connectivity index is 0.00000220. The van der Waals surface area contributed by atoms with Crippen LogP contribution in [0, 0.1) is 6.92 Å². The Morgan fingerprint density at radius 1 is 1.19 bits per heavy atom. The Morgan fingerprint density at radius 3 is 2.43 bits per heavy atom. The monoisotopic (exact) mass is 327 g/mol. The van der Waals surface area contributed by atoms with E-state index in [1.807, 2.05) is 30.3 Å². The molecule has 2 aromatic carbocycles. The summed E-state index contributed by atoms with van der Waals surface area (Å²) < 4.78 is 0. The van der Waals surface area contributed by atoms with Crippen LogP contribution in [0.3, 0.4) is 0 Å². The van der Waals surface area contributed by atoms with Crippen molar-refractivity contribution in [1.82, 2.24) is 0 Å². The molecular weight excluding hydrogens is 309 g/mol. The highest BCUT2D eigenvalue weighted by atomic mass is 35.5. The molecule has 0 bridgehead atoms. The van der Waals surface area contributed by atoms with Gasteiger partial charge in [0.2, 0.25) is 0 Å². The van der Waals surface area contributed by atoms with E-state index in [0.717, 1.165) is 5.56 Å². The maximum atomic E-state index is 10.3. The number of nitrogens with two attached hydrogens (primary N) is 1. The predicted octanol–water partition coefficient (Wildman–Crippen LogP) is 3.38. The van der Waals surface area contributed by atoms with Crippen LogP contribution in [0.5, 0.6) is 5.75 Å². The third-order valence-corrected chi connectivity index (χ3v) is 3.57. The summed E-state index contributed by atoms with van der Waals surface area (Å²) in [6, 6.07) is 12.2. The van der Waals surface area contributed by atoms with Crippen LogP contribution in [0.15, 0.2) is 42.5 Å². The summed E-state index contributed by atoms with van der Waals surface area (Å²) in [5, 5.41) is 20.8. The van der Waals surface area contributed by atoms with Crippen molar-refractivity contribution in [1.29, 1.82) is 0 Å². The van der Waals surface area contributed by atoms with Gasteiger partial charge in [-0.15, -0.1) is 12.4 Å². The lowest BCUT2D eigenvalue weighted by Crippen LogP contribution is -2.28. The van der Waals surface area contributed by atoms with Crippen molar-refractivity contribution >= 4 is 24.0 Å². The first-order valence-electron chi connectivity index (χ1n) is 6.45. The fourth-order valence-corrected chi connectivity index (χ4v) is 2.49. The number of rotatable bonds is 4. The number of phenols is 1. The van der Waals surface area contributed by atoms with Crippen molar-refractivity contribution in [2.75, 3.05) is 0 Å². The van der Waals surface area contributed by atoms with Crippen molar-refractivity contribution in [2.24, 2.45) is 5.73 Å². The van der Waals surface area contributed by atoms with Gasteiger partial charge in [0.05, 0.1) is 12.1 Å². The second-order valence-electron chi connectivity index (χ2n) is 4.94. The molecule has 0 saturated carbocycles. The van der Waals surface area contributed by atoms with Crippen molar-refractivity contribution < 1.29 is 10.2 Å². The van der Waals surface area contributed by atoms with Crippen molar-refractivity contribution in [3.8, 4) is 5.75 Å². The highest BCUT2D eigenvalue weighted by Gasteiger charge is 2.21. The second-order valence-corrected chi connectivity index (χ2v) is 5.38. The summed E-state index contributed by atoms with van der Waals surface area (Å²) in [4.78, 5) is 0. The zero-order chi connectivity index (χ0) is 14.7. The zero-order valence-electron chi connectivity index (χ0n) is 11.7. The molecule has 0 fully saturated rings. The van der Waals surface area contributed by atoms with Gasteiger partial charge in [-0.3, -0.25) is 0 Å². The summed E-state index contributed by atoms with van der Waals surface area (Å²) in [5.41, 5.74) is 8.17. The number of benzene rings is 2. The first-order chi connectivity index (χ1) is 9.49. The average Bonchev–Trinajstić information content (AvgIpc) is 2.43. The third kappa shape index (κ3) is 4.35. The molecule has 4 N–H and O–H groups in total. The Morgan fingerprint density at radius 2 is 1.81 bits per heavy atom. The maximum Gasteiger partial charge on any atom is 0.123 e. The molecule has 0 aromatic heterocycles. The molecule has 0 aliphatic rings. The van der Waals surface area contributed by atoms with Crippen molar-refractivity contribution in [2.45, 2.75) is 25.5 Å². The lowest BCUT2D eigenvalue weighted by Gasteiger charge is -2.21. The van der Waals surface area contributed by atoms with E-state index in [1.165, 1.54) is 0 Å². The molecule has 2 atom stereocenters. The summed E-state index contributed by atoms with van der Waals surface area (Å²) in [6.07, 6.45) is -0.367. The first-order valence-corrected chi connectivity index (χ1v) is 6.83. The van der Waals surface area contributed by atoms with E-state index < -0.39 is 12.1 Å². The molecule has 0 aliphatic carbocycles. The summed E-state index contributed by atoms with van der Waals surface area (Å²) >= 11 is 5.98.